The molecule has 0 aliphatic carbocycles. The van der Waals surface area contributed by atoms with Crippen LogP contribution in [0.3, 0.4) is 0 Å². The number of anilines is 2. The Balaban J connectivity index is 1.68. The van der Waals surface area contributed by atoms with Crippen LogP contribution in [0.15, 0.2) is 36.7 Å². The summed E-state index contributed by atoms with van der Waals surface area (Å²) in [6.07, 6.45) is 3.33. The first kappa shape index (κ1) is 20.0. The Morgan fingerprint density at radius 1 is 1.32 bits per heavy atom. The molecule has 0 fully saturated rings. The van der Waals surface area contributed by atoms with E-state index in [1.807, 2.05) is 13.8 Å². The summed E-state index contributed by atoms with van der Waals surface area (Å²) >= 11 is 6.78. The van der Waals surface area contributed by atoms with Crippen LogP contribution in [0, 0.1) is 19.7 Å². The van der Waals surface area contributed by atoms with Gasteiger partial charge in [0.2, 0.25) is 0 Å². The van der Waals surface area contributed by atoms with Gasteiger partial charge in [-0.25, -0.2) is 9.18 Å². The van der Waals surface area contributed by atoms with Crippen LogP contribution in [-0.2, 0) is 11.3 Å². The largest absolute Gasteiger partial charge is 0.465 e. The van der Waals surface area contributed by atoms with Gasteiger partial charge in [0.25, 0.3) is 0 Å². The zero-order chi connectivity index (χ0) is 20.3. The third-order valence-electron chi connectivity index (χ3n) is 4.18. The summed E-state index contributed by atoms with van der Waals surface area (Å²) in [5, 5.41) is 11.2. The molecule has 2 aromatic heterocycles. The summed E-state index contributed by atoms with van der Waals surface area (Å²) in [4.78, 5) is 13.1. The molecule has 3 aromatic rings. The molecule has 1 aromatic carbocycles. The maximum Gasteiger partial charge on any atom is 0.341 e. The number of methoxy groups -OCH3 is 1. The van der Waals surface area contributed by atoms with Gasteiger partial charge in [-0.3, -0.25) is 4.68 Å². The Bertz CT molecular complexity index is 1030. The average molecular weight is 419 g/mol. The molecular formula is C19H19FN4O2S2. The van der Waals surface area contributed by atoms with E-state index in [0.29, 0.717) is 33.5 Å². The number of thiophene rings is 1. The van der Waals surface area contributed by atoms with E-state index >= 15 is 0 Å². The highest BCUT2D eigenvalue weighted by atomic mass is 32.1. The Labute approximate surface area is 171 Å². The fraction of sp³-hybridized carbons (Fsp3) is 0.211. The Morgan fingerprint density at radius 3 is 2.79 bits per heavy atom. The molecule has 6 nitrogen and oxygen atoms in total. The highest BCUT2D eigenvalue weighted by Gasteiger charge is 2.20. The first-order valence-electron chi connectivity index (χ1n) is 8.41. The molecule has 0 radical (unpaired) electrons. The van der Waals surface area contributed by atoms with Crippen LogP contribution in [-0.4, -0.2) is 28.0 Å². The number of esters is 1. The number of ether oxygens (including phenoxy) is 1. The maximum atomic E-state index is 13.8. The predicted octanol–water partition coefficient (Wildman–Crippen LogP) is 4.34. The van der Waals surface area contributed by atoms with Gasteiger partial charge >= 0.3 is 5.97 Å². The summed E-state index contributed by atoms with van der Waals surface area (Å²) in [5.41, 5.74) is 2.54. The van der Waals surface area contributed by atoms with Crippen LogP contribution in [0.25, 0.3) is 0 Å². The number of nitrogens with zero attached hydrogens (tertiary/aromatic N) is 2. The molecule has 28 heavy (non-hydrogen) atoms. The van der Waals surface area contributed by atoms with E-state index in [4.69, 9.17) is 17.0 Å². The standard InChI is InChI=1S/C19H19FN4O2S2/c1-11-12(2)28-17(16(11)18(25)26-3)23-19(27)22-14-8-21-24(10-14)9-13-6-4-5-7-15(13)20/h4-8,10H,9H2,1-3H3,(H2,22,23,27). The third-order valence-corrected chi connectivity index (χ3v) is 5.51. The van der Waals surface area contributed by atoms with Crippen molar-refractivity contribution in [1.82, 2.24) is 9.78 Å². The molecule has 0 saturated carbocycles. The quantitative estimate of drug-likeness (QED) is 0.474. The molecule has 2 N–H and O–H groups in total. The molecule has 0 aliphatic rings. The normalized spacial score (nSPS) is 10.6. The molecule has 146 valence electrons. The van der Waals surface area contributed by atoms with Gasteiger partial charge in [0.15, 0.2) is 5.11 Å². The molecule has 9 heteroatoms. The van der Waals surface area contributed by atoms with Crippen LogP contribution in [0.4, 0.5) is 15.1 Å². The van der Waals surface area contributed by atoms with Crippen molar-refractivity contribution in [3.8, 4) is 0 Å². The number of hydrogen-bond donors (Lipinski definition) is 2. The van der Waals surface area contributed by atoms with Crippen molar-refractivity contribution in [1.29, 1.82) is 0 Å². The second kappa shape index (κ2) is 8.49. The highest BCUT2D eigenvalue weighted by molar-refractivity contribution is 7.80. The molecule has 2 heterocycles. The average Bonchev–Trinajstić information content (AvgIpc) is 3.20. The van der Waals surface area contributed by atoms with E-state index in [-0.39, 0.29) is 5.82 Å². The number of carbonyl (C=O) groups excluding carboxylic acids is 1. The van der Waals surface area contributed by atoms with Gasteiger partial charge in [0, 0.05) is 16.6 Å². The molecule has 0 spiro atoms. The second-order valence-corrected chi connectivity index (χ2v) is 7.71. The van der Waals surface area contributed by atoms with Gasteiger partial charge in [-0.1, -0.05) is 18.2 Å². The van der Waals surface area contributed by atoms with Crippen molar-refractivity contribution in [3.05, 3.63) is 64.0 Å². The van der Waals surface area contributed by atoms with Crippen molar-refractivity contribution in [3.63, 3.8) is 0 Å². The maximum absolute atomic E-state index is 13.8. The van der Waals surface area contributed by atoms with Gasteiger partial charge in [-0.05, 0) is 37.7 Å². The molecule has 0 amide bonds. The Kier molecular flexibility index (Phi) is 6.05. The van der Waals surface area contributed by atoms with Crippen molar-refractivity contribution in [2.45, 2.75) is 20.4 Å². The predicted molar refractivity (Wildman–Crippen MR) is 113 cm³/mol. The van der Waals surface area contributed by atoms with Crippen LogP contribution in [0.1, 0.15) is 26.4 Å². The number of aryl methyl sites for hydroxylation is 1. The second-order valence-electron chi connectivity index (χ2n) is 6.08. The fourth-order valence-corrected chi connectivity index (χ4v) is 3.98. The molecule has 0 bridgehead atoms. The molecule has 0 unspecified atom stereocenters. The minimum Gasteiger partial charge on any atom is -0.465 e. The van der Waals surface area contributed by atoms with E-state index in [1.54, 1.807) is 35.3 Å². The molecule has 0 aliphatic heterocycles. The number of carbonyl (C=O) groups is 1. The van der Waals surface area contributed by atoms with Gasteiger partial charge < -0.3 is 15.4 Å². The van der Waals surface area contributed by atoms with E-state index in [0.717, 1.165) is 10.4 Å². The van der Waals surface area contributed by atoms with Crippen LogP contribution < -0.4 is 10.6 Å². The summed E-state index contributed by atoms with van der Waals surface area (Å²) < 4.78 is 20.3. The molecule has 3 rings (SSSR count). The van der Waals surface area contributed by atoms with Gasteiger partial charge in [0.05, 0.1) is 31.1 Å². The lowest BCUT2D eigenvalue weighted by Gasteiger charge is -2.09. The molecule has 0 saturated heterocycles. The smallest absolute Gasteiger partial charge is 0.341 e. The van der Waals surface area contributed by atoms with Gasteiger partial charge in [-0.2, -0.15) is 5.10 Å². The zero-order valence-electron chi connectivity index (χ0n) is 15.6. The Morgan fingerprint density at radius 2 is 2.07 bits per heavy atom. The van der Waals surface area contributed by atoms with E-state index < -0.39 is 5.97 Å². The number of benzene rings is 1. The van der Waals surface area contributed by atoms with Crippen molar-refractivity contribution in [2.24, 2.45) is 0 Å². The minimum absolute atomic E-state index is 0.275. The number of rotatable bonds is 5. The first-order valence-corrected chi connectivity index (χ1v) is 9.63. The zero-order valence-corrected chi connectivity index (χ0v) is 17.2. The van der Waals surface area contributed by atoms with Crippen molar-refractivity contribution >= 4 is 45.3 Å². The number of nitrogens with one attached hydrogen (secondary N) is 2. The minimum atomic E-state index is -0.412. The van der Waals surface area contributed by atoms with E-state index in [1.165, 1.54) is 24.5 Å². The topological polar surface area (TPSA) is 68.2 Å². The highest BCUT2D eigenvalue weighted by Crippen LogP contribution is 2.33. The van der Waals surface area contributed by atoms with Crippen LogP contribution >= 0.6 is 23.6 Å². The van der Waals surface area contributed by atoms with Crippen molar-refractivity contribution in [2.75, 3.05) is 17.7 Å². The summed E-state index contributed by atoms with van der Waals surface area (Å²) in [6, 6.07) is 6.56. The monoisotopic (exact) mass is 418 g/mol. The van der Waals surface area contributed by atoms with E-state index in [2.05, 4.69) is 15.7 Å². The molecular weight excluding hydrogens is 399 g/mol. The Hall–Kier alpha value is -2.78. The van der Waals surface area contributed by atoms with Gasteiger partial charge in [-0.15, -0.1) is 11.3 Å². The van der Waals surface area contributed by atoms with Crippen molar-refractivity contribution < 1.29 is 13.9 Å². The van der Waals surface area contributed by atoms with Gasteiger partial charge in [0.1, 0.15) is 10.8 Å². The lowest BCUT2D eigenvalue weighted by Crippen LogP contribution is -2.20. The number of thiocarbonyl (C=S) groups is 1. The number of hydrogen-bond acceptors (Lipinski definition) is 5. The third kappa shape index (κ3) is 4.37. The lowest BCUT2D eigenvalue weighted by atomic mass is 10.1. The summed E-state index contributed by atoms with van der Waals surface area (Å²) in [5.74, 6) is -0.687. The number of aromatic nitrogens is 2. The summed E-state index contributed by atoms with van der Waals surface area (Å²) in [6.45, 7) is 4.11. The molecule has 0 atom stereocenters. The fourth-order valence-electron chi connectivity index (χ4n) is 2.64. The summed E-state index contributed by atoms with van der Waals surface area (Å²) in [7, 11) is 1.35. The lowest BCUT2D eigenvalue weighted by molar-refractivity contribution is 0.0601. The van der Waals surface area contributed by atoms with Crippen LogP contribution in [0.2, 0.25) is 0 Å². The number of halogens is 1. The van der Waals surface area contributed by atoms with E-state index in [9.17, 15) is 9.18 Å². The first-order chi connectivity index (χ1) is 13.4. The van der Waals surface area contributed by atoms with Crippen LogP contribution in [0.5, 0.6) is 0 Å². The SMILES string of the molecule is COC(=O)c1c(NC(=S)Nc2cnn(Cc3ccccc3F)c2)sc(C)c1C.